The maximum atomic E-state index is 12.7. The molecule has 136 valence electrons. The first kappa shape index (κ1) is 16.8. The number of fused-ring (bicyclic) bond motifs is 1. The van der Waals surface area contributed by atoms with Gasteiger partial charge in [-0.2, -0.15) is 4.21 Å². The number of rotatable bonds is 4. The molecule has 12 heteroatoms. The molecule has 1 aliphatic rings. The zero-order valence-electron chi connectivity index (χ0n) is 13.4. The van der Waals surface area contributed by atoms with Crippen molar-refractivity contribution >= 4 is 34.0 Å². The lowest BCUT2D eigenvalue weighted by atomic mass is 10.2. The summed E-state index contributed by atoms with van der Waals surface area (Å²) in [4.78, 5) is 35.7. The van der Waals surface area contributed by atoms with Gasteiger partial charge in [0.15, 0.2) is 5.84 Å². The van der Waals surface area contributed by atoms with Gasteiger partial charge in [-0.25, -0.2) is 14.8 Å². The molecule has 0 amide bonds. The van der Waals surface area contributed by atoms with E-state index in [0.29, 0.717) is 16.6 Å². The lowest BCUT2D eigenvalue weighted by molar-refractivity contribution is 0.0690. The van der Waals surface area contributed by atoms with Gasteiger partial charge in [0.25, 0.3) is 5.56 Å². The van der Waals surface area contributed by atoms with E-state index in [0.717, 1.165) is 0 Å². The van der Waals surface area contributed by atoms with Crippen LogP contribution >= 0.6 is 0 Å². The number of carboxylic acid groups (broad SMARTS) is 1. The normalized spacial score (nSPS) is 15.9. The molecule has 2 N–H and O–H groups in total. The lowest BCUT2D eigenvalue weighted by Gasteiger charge is -2.08. The third kappa shape index (κ3) is 3.25. The average molecular weight is 386 g/mol. The molecule has 0 spiro atoms. The van der Waals surface area contributed by atoms with E-state index in [4.69, 9.17) is 5.11 Å². The second-order valence-electron chi connectivity index (χ2n) is 5.50. The van der Waals surface area contributed by atoms with Crippen LogP contribution in [0.4, 0.5) is 0 Å². The second-order valence-corrected chi connectivity index (χ2v) is 6.33. The summed E-state index contributed by atoms with van der Waals surface area (Å²) in [5.74, 6) is -0.961. The maximum Gasteiger partial charge on any atom is 0.354 e. The van der Waals surface area contributed by atoms with Crippen LogP contribution in [0.15, 0.2) is 47.0 Å². The minimum atomic E-state index is -1.72. The van der Waals surface area contributed by atoms with E-state index < -0.39 is 22.8 Å². The van der Waals surface area contributed by atoms with Gasteiger partial charge in [0.2, 0.25) is 0 Å². The van der Waals surface area contributed by atoms with E-state index in [2.05, 4.69) is 29.1 Å². The molecule has 27 heavy (non-hydrogen) atoms. The molecular formula is C15H10N6O5S. The molecule has 0 saturated carbocycles. The minimum absolute atomic E-state index is 0.143. The maximum absolute atomic E-state index is 12.7. The Bertz CT molecular complexity index is 1190. The molecule has 1 aliphatic heterocycles. The van der Waals surface area contributed by atoms with Gasteiger partial charge < -0.3 is 5.11 Å². The monoisotopic (exact) mass is 386 g/mol. The Hall–Kier alpha value is -3.67. The first-order chi connectivity index (χ1) is 13.0. The van der Waals surface area contributed by atoms with Crippen molar-refractivity contribution in [2.45, 2.75) is 6.54 Å². The largest absolute Gasteiger partial charge is 0.477 e. The van der Waals surface area contributed by atoms with Crippen molar-refractivity contribution in [3.8, 4) is 0 Å². The second kappa shape index (κ2) is 6.57. The zero-order chi connectivity index (χ0) is 19.0. The summed E-state index contributed by atoms with van der Waals surface area (Å²) in [5, 5.41) is 12.8. The molecule has 3 aromatic heterocycles. The number of carbonyl (C=O) groups is 1. The third-order valence-corrected chi connectivity index (χ3v) is 4.30. The summed E-state index contributed by atoms with van der Waals surface area (Å²) >= 11 is -1.72. The van der Waals surface area contributed by atoms with Crippen LogP contribution < -0.4 is 10.3 Å². The van der Waals surface area contributed by atoms with E-state index in [1.165, 1.54) is 29.4 Å². The van der Waals surface area contributed by atoms with Crippen LogP contribution in [-0.2, 0) is 22.1 Å². The summed E-state index contributed by atoms with van der Waals surface area (Å²) in [7, 11) is 0. The molecule has 4 rings (SSSR count). The number of carboxylic acids is 1. The molecule has 0 aromatic carbocycles. The summed E-state index contributed by atoms with van der Waals surface area (Å²) in [6, 6.07) is 2.90. The Morgan fingerprint density at radius 2 is 2.11 bits per heavy atom. The van der Waals surface area contributed by atoms with E-state index >= 15 is 0 Å². The summed E-state index contributed by atoms with van der Waals surface area (Å²) < 4.78 is 19.6. The van der Waals surface area contributed by atoms with Gasteiger partial charge in [0.05, 0.1) is 30.0 Å². The lowest BCUT2D eigenvalue weighted by Crippen LogP contribution is -2.23. The molecule has 4 heterocycles. The van der Waals surface area contributed by atoms with Gasteiger partial charge >= 0.3 is 17.2 Å². The quantitative estimate of drug-likeness (QED) is 0.626. The van der Waals surface area contributed by atoms with Gasteiger partial charge in [0, 0.05) is 18.0 Å². The molecule has 11 nitrogen and oxygen atoms in total. The Morgan fingerprint density at radius 3 is 2.85 bits per heavy atom. The number of hydrogen-bond acceptors (Lipinski definition) is 8. The van der Waals surface area contributed by atoms with E-state index in [1.54, 1.807) is 12.3 Å². The van der Waals surface area contributed by atoms with Crippen LogP contribution in [0.2, 0.25) is 0 Å². The van der Waals surface area contributed by atoms with Crippen LogP contribution in [0.3, 0.4) is 0 Å². The molecule has 0 aliphatic carbocycles. The Kier molecular flexibility index (Phi) is 4.08. The average Bonchev–Trinajstić information content (AvgIpc) is 3.10. The Labute approximate surface area is 153 Å². The first-order valence-electron chi connectivity index (χ1n) is 7.48. The highest BCUT2D eigenvalue weighted by atomic mass is 32.2. The number of hydrogen-bond donors (Lipinski definition) is 2. The van der Waals surface area contributed by atoms with Gasteiger partial charge in [-0.3, -0.25) is 23.4 Å². The highest BCUT2D eigenvalue weighted by molar-refractivity contribution is 7.79. The highest BCUT2D eigenvalue weighted by Gasteiger charge is 2.17. The number of nitrogens with zero attached hydrogens (tertiary/aromatic N) is 5. The molecule has 1 atom stereocenters. The molecule has 3 aromatic rings. The topological polar surface area (TPSA) is 149 Å². The van der Waals surface area contributed by atoms with Crippen molar-refractivity contribution in [1.29, 1.82) is 0 Å². The van der Waals surface area contributed by atoms with Gasteiger partial charge in [0.1, 0.15) is 5.69 Å². The number of amidine groups is 1. The molecule has 0 saturated heterocycles. The van der Waals surface area contributed by atoms with Gasteiger partial charge in [-0.1, -0.05) is 0 Å². The van der Waals surface area contributed by atoms with Gasteiger partial charge in [-0.05, 0) is 22.9 Å². The molecule has 0 radical (unpaired) electrons. The minimum Gasteiger partial charge on any atom is -0.477 e. The highest BCUT2D eigenvalue weighted by Crippen LogP contribution is 2.10. The number of pyridine rings is 2. The van der Waals surface area contributed by atoms with Gasteiger partial charge in [-0.15, -0.1) is 0 Å². The van der Waals surface area contributed by atoms with Crippen molar-refractivity contribution in [3.63, 3.8) is 0 Å². The molecular weight excluding hydrogens is 376 g/mol. The molecule has 0 fully saturated rings. The fourth-order valence-electron chi connectivity index (χ4n) is 2.49. The predicted molar refractivity (Wildman–Crippen MR) is 93.0 cm³/mol. The number of aromatic carboxylic acids is 1. The molecule has 1 unspecified atom stereocenters. The van der Waals surface area contributed by atoms with Crippen LogP contribution in [0.5, 0.6) is 0 Å². The van der Waals surface area contributed by atoms with Crippen molar-refractivity contribution in [2.75, 3.05) is 0 Å². The van der Waals surface area contributed by atoms with Crippen LogP contribution in [0.1, 0.15) is 21.6 Å². The first-order valence-corrected chi connectivity index (χ1v) is 8.55. The summed E-state index contributed by atoms with van der Waals surface area (Å²) in [6.07, 6.45) is 5.66. The predicted octanol–water partition coefficient (Wildman–Crippen LogP) is -0.207. The SMILES string of the molecule is O=C(O)c1cc2c(=O)n(Cc3cncc(C4=NOS(=O)N4)c3)cnc2cn1. The smallest absolute Gasteiger partial charge is 0.354 e. The van der Waals surface area contributed by atoms with Crippen LogP contribution in [-0.4, -0.2) is 40.6 Å². The fraction of sp³-hybridized carbons (Fsp3) is 0.0667. The van der Waals surface area contributed by atoms with Crippen LogP contribution in [0.25, 0.3) is 10.9 Å². The van der Waals surface area contributed by atoms with Crippen LogP contribution in [0, 0.1) is 0 Å². The van der Waals surface area contributed by atoms with Crippen molar-refractivity contribution in [1.82, 2.24) is 24.2 Å². The third-order valence-electron chi connectivity index (χ3n) is 3.73. The van der Waals surface area contributed by atoms with E-state index in [-0.39, 0.29) is 23.5 Å². The van der Waals surface area contributed by atoms with Crippen molar-refractivity contribution in [2.24, 2.45) is 5.16 Å². The van der Waals surface area contributed by atoms with E-state index in [9.17, 15) is 13.8 Å². The van der Waals surface area contributed by atoms with E-state index in [1.807, 2.05) is 0 Å². The molecule has 0 bridgehead atoms. The zero-order valence-corrected chi connectivity index (χ0v) is 14.2. The number of oxime groups is 1. The standard InChI is InChI=1S/C15H10N6O5S/c22-14-10-2-11(15(23)24)17-5-12(10)18-7-21(14)6-8-1-9(4-16-3-8)13-19-26-27(25)20-13/h1-5,7H,6H2,(H,19,20)(H,23,24). The fourth-order valence-corrected chi connectivity index (χ4v) is 2.98. The summed E-state index contributed by atoms with van der Waals surface area (Å²) in [6.45, 7) is 0.143. The van der Waals surface area contributed by atoms with Crippen molar-refractivity contribution < 1.29 is 18.4 Å². The Balaban J connectivity index is 1.69. The number of aromatic nitrogens is 4. The van der Waals surface area contributed by atoms with Crippen molar-refractivity contribution in [3.05, 3.63) is 64.2 Å². The number of nitrogens with one attached hydrogen (secondary N) is 1. The Morgan fingerprint density at radius 1 is 1.26 bits per heavy atom. The summed E-state index contributed by atoms with van der Waals surface area (Å²) in [5.41, 5.74) is 0.859.